The summed E-state index contributed by atoms with van der Waals surface area (Å²) in [6, 6.07) is 0. The number of nitrogens with zero attached hydrogens (tertiary/aromatic N) is 1. The number of hydrogen-bond acceptors (Lipinski definition) is 3. The number of allylic oxidation sites excluding steroid dienone is 4. The molecule has 4 N–H and O–H groups in total. The van der Waals surface area contributed by atoms with Crippen molar-refractivity contribution in [2.75, 3.05) is 13.1 Å². The van der Waals surface area contributed by atoms with Gasteiger partial charge in [0.1, 0.15) is 6.17 Å². The summed E-state index contributed by atoms with van der Waals surface area (Å²) in [6.45, 7) is 5.20. The molecular weight excluding hydrogens is 205 g/mol. The van der Waals surface area contributed by atoms with Crippen LogP contribution in [0.15, 0.2) is 36.3 Å². The van der Waals surface area contributed by atoms with Crippen molar-refractivity contribution in [1.29, 1.82) is 0 Å². The lowest BCUT2D eigenvalue weighted by atomic mass is 10.2. The first-order valence-corrected chi connectivity index (χ1v) is 5.53. The van der Waals surface area contributed by atoms with E-state index in [1.54, 1.807) is 12.2 Å². The molecule has 0 aliphatic carbocycles. The quantitative estimate of drug-likeness (QED) is 0.699. The zero-order valence-corrected chi connectivity index (χ0v) is 9.53. The molecule has 3 nitrogen and oxygen atoms in total. The second-order valence-corrected chi connectivity index (χ2v) is 4.02. The van der Waals surface area contributed by atoms with Crippen molar-refractivity contribution in [1.82, 2.24) is 4.90 Å². The third-order valence-corrected chi connectivity index (χ3v) is 2.70. The Kier molecular flexibility index (Phi) is 4.89. The Morgan fingerprint density at radius 3 is 2.81 bits per heavy atom. The highest BCUT2D eigenvalue weighted by Crippen LogP contribution is 2.20. The monoisotopic (exact) mass is 225 g/mol. The molecule has 0 aromatic heterocycles. The van der Waals surface area contributed by atoms with Crippen molar-refractivity contribution in [3.8, 4) is 0 Å². The molecule has 16 heavy (non-hydrogen) atoms. The summed E-state index contributed by atoms with van der Waals surface area (Å²) >= 11 is 0. The van der Waals surface area contributed by atoms with Crippen molar-refractivity contribution in [3.05, 3.63) is 36.3 Å². The Morgan fingerprint density at radius 1 is 1.50 bits per heavy atom. The predicted octanol–water partition coefficient (Wildman–Crippen LogP) is 1.64. The van der Waals surface area contributed by atoms with Crippen molar-refractivity contribution >= 4 is 0 Å². The zero-order valence-electron chi connectivity index (χ0n) is 9.53. The molecule has 0 radical (unpaired) electrons. The molecule has 1 aliphatic rings. The number of hydrogen-bond donors (Lipinski definition) is 2. The van der Waals surface area contributed by atoms with Crippen molar-refractivity contribution in [2.24, 2.45) is 11.5 Å². The van der Waals surface area contributed by atoms with Crippen LogP contribution in [0.1, 0.15) is 19.3 Å². The second-order valence-electron chi connectivity index (χ2n) is 4.02. The van der Waals surface area contributed by atoms with E-state index in [0.717, 1.165) is 30.8 Å². The highest BCUT2D eigenvalue weighted by molar-refractivity contribution is 5.10. The molecule has 0 amide bonds. The summed E-state index contributed by atoms with van der Waals surface area (Å²) in [5.41, 5.74) is 12.7. The van der Waals surface area contributed by atoms with Crippen molar-refractivity contribution < 1.29 is 4.39 Å². The maximum absolute atomic E-state index is 13.0. The average Bonchev–Trinajstić information content (AvgIpc) is 2.69. The zero-order chi connectivity index (χ0) is 12.0. The molecule has 1 fully saturated rings. The van der Waals surface area contributed by atoms with E-state index in [1.165, 1.54) is 6.20 Å². The predicted molar refractivity (Wildman–Crippen MR) is 65.1 cm³/mol. The topological polar surface area (TPSA) is 55.3 Å². The average molecular weight is 225 g/mol. The largest absolute Gasteiger partial charge is 0.405 e. The van der Waals surface area contributed by atoms with E-state index in [2.05, 4.69) is 6.58 Å². The molecule has 1 saturated heterocycles. The van der Waals surface area contributed by atoms with Crippen LogP contribution in [0.4, 0.5) is 4.39 Å². The first-order chi connectivity index (χ1) is 7.63. The molecule has 0 spiro atoms. The van der Waals surface area contributed by atoms with E-state index in [1.807, 2.05) is 4.90 Å². The number of alkyl halides is 1. The molecule has 0 saturated carbocycles. The third kappa shape index (κ3) is 3.96. The van der Waals surface area contributed by atoms with Crippen LogP contribution in [0.5, 0.6) is 0 Å². The minimum atomic E-state index is -0.704. The molecule has 0 aromatic rings. The number of halogens is 1. The van der Waals surface area contributed by atoms with E-state index in [-0.39, 0.29) is 0 Å². The first kappa shape index (κ1) is 12.6. The van der Waals surface area contributed by atoms with Crippen LogP contribution in [0.25, 0.3) is 0 Å². The number of rotatable bonds is 5. The fraction of sp³-hybridized carbons (Fsp3) is 0.500. The second kappa shape index (κ2) is 6.20. The molecular formula is C12H20FN3. The standard InChI is InChI=1S/C12H20FN3/c1-10(16-8-6-11(13)9-16)4-5-12(15)3-2-7-14/h2-3,7,11H,1,4-6,8-9,14-15H2/b7-2-,12-3-. The lowest BCUT2D eigenvalue weighted by Crippen LogP contribution is -2.20. The molecule has 90 valence electrons. The molecule has 1 rings (SSSR count). The van der Waals surface area contributed by atoms with Crippen LogP contribution >= 0.6 is 0 Å². The van der Waals surface area contributed by atoms with Crippen LogP contribution in [-0.4, -0.2) is 24.2 Å². The summed E-state index contributed by atoms with van der Waals surface area (Å²) in [5, 5.41) is 0. The SMILES string of the molecule is C=C(CC/C(N)=C/C=C\N)N1CCC(F)C1. The molecule has 1 aliphatic heterocycles. The maximum atomic E-state index is 13.0. The van der Waals surface area contributed by atoms with Crippen LogP contribution < -0.4 is 11.5 Å². The van der Waals surface area contributed by atoms with E-state index in [0.29, 0.717) is 13.0 Å². The lowest BCUT2D eigenvalue weighted by molar-refractivity contribution is 0.320. The minimum absolute atomic E-state index is 0.477. The number of nitrogens with two attached hydrogens (primary N) is 2. The van der Waals surface area contributed by atoms with Crippen molar-refractivity contribution in [3.63, 3.8) is 0 Å². The smallest absolute Gasteiger partial charge is 0.119 e. The van der Waals surface area contributed by atoms with E-state index >= 15 is 0 Å². The lowest BCUT2D eigenvalue weighted by Gasteiger charge is -2.20. The van der Waals surface area contributed by atoms with Crippen LogP contribution in [0, 0.1) is 0 Å². The minimum Gasteiger partial charge on any atom is -0.405 e. The fourth-order valence-electron chi connectivity index (χ4n) is 1.71. The van der Waals surface area contributed by atoms with Gasteiger partial charge in [-0.15, -0.1) is 0 Å². The van der Waals surface area contributed by atoms with Gasteiger partial charge in [-0.05, 0) is 37.6 Å². The summed E-state index contributed by atoms with van der Waals surface area (Å²) in [4.78, 5) is 2.00. The third-order valence-electron chi connectivity index (χ3n) is 2.70. The maximum Gasteiger partial charge on any atom is 0.119 e. The molecule has 0 bridgehead atoms. The van der Waals surface area contributed by atoms with Gasteiger partial charge in [0.2, 0.25) is 0 Å². The van der Waals surface area contributed by atoms with Crippen molar-refractivity contribution in [2.45, 2.75) is 25.4 Å². The van der Waals surface area contributed by atoms with Gasteiger partial charge in [0, 0.05) is 24.5 Å². The van der Waals surface area contributed by atoms with Crippen LogP contribution in [-0.2, 0) is 0 Å². The van der Waals surface area contributed by atoms with Gasteiger partial charge in [0.25, 0.3) is 0 Å². The van der Waals surface area contributed by atoms with E-state index in [9.17, 15) is 4.39 Å². The number of likely N-dealkylation sites (tertiary alicyclic amines) is 1. The van der Waals surface area contributed by atoms with Gasteiger partial charge in [0.05, 0.1) is 0 Å². The fourth-order valence-corrected chi connectivity index (χ4v) is 1.71. The Labute approximate surface area is 96.3 Å². The highest BCUT2D eigenvalue weighted by Gasteiger charge is 2.22. The van der Waals surface area contributed by atoms with Gasteiger partial charge in [-0.25, -0.2) is 4.39 Å². The van der Waals surface area contributed by atoms with Gasteiger partial charge >= 0.3 is 0 Å². The molecule has 4 heteroatoms. The molecule has 0 aromatic carbocycles. The van der Waals surface area contributed by atoms with Gasteiger partial charge in [0.15, 0.2) is 0 Å². The van der Waals surface area contributed by atoms with Gasteiger partial charge in [-0.2, -0.15) is 0 Å². The van der Waals surface area contributed by atoms with Gasteiger partial charge < -0.3 is 16.4 Å². The van der Waals surface area contributed by atoms with E-state index in [4.69, 9.17) is 11.5 Å². The van der Waals surface area contributed by atoms with Gasteiger partial charge in [-0.1, -0.05) is 6.58 Å². The van der Waals surface area contributed by atoms with E-state index < -0.39 is 6.17 Å². The molecule has 1 atom stereocenters. The Hall–Kier alpha value is -1.45. The summed E-state index contributed by atoms with van der Waals surface area (Å²) < 4.78 is 13.0. The Bertz CT molecular complexity index is 297. The summed E-state index contributed by atoms with van der Waals surface area (Å²) in [5.74, 6) is 0. The molecule has 1 unspecified atom stereocenters. The summed E-state index contributed by atoms with van der Waals surface area (Å²) in [7, 11) is 0. The normalized spacial score (nSPS) is 21.9. The summed E-state index contributed by atoms with van der Waals surface area (Å²) in [6.07, 6.45) is 6.32. The Balaban J connectivity index is 2.30. The highest BCUT2D eigenvalue weighted by atomic mass is 19.1. The molecule has 1 heterocycles. The van der Waals surface area contributed by atoms with Gasteiger partial charge in [-0.3, -0.25) is 0 Å². The Morgan fingerprint density at radius 2 is 2.25 bits per heavy atom. The van der Waals surface area contributed by atoms with Crippen LogP contribution in [0.3, 0.4) is 0 Å². The van der Waals surface area contributed by atoms with Crippen LogP contribution in [0.2, 0.25) is 0 Å². The first-order valence-electron chi connectivity index (χ1n) is 5.53.